The maximum absolute atomic E-state index is 13.1. The van der Waals surface area contributed by atoms with Crippen molar-refractivity contribution in [3.8, 4) is 0 Å². The van der Waals surface area contributed by atoms with Gasteiger partial charge in [-0.15, -0.1) is 11.3 Å². The van der Waals surface area contributed by atoms with Crippen LogP contribution in [0.1, 0.15) is 37.0 Å². The van der Waals surface area contributed by atoms with Crippen LogP contribution < -0.4 is 5.32 Å². The van der Waals surface area contributed by atoms with E-state index in [1.165, 1.54) is 17.5 Å². The molecular weight excluding hydrogens is 457 g/mol. The number of alkyl halides is 3. The molecule has 0 aliphatic carbocycles. The number of hydrogen-bond acceptors (Lipinski definition) is 6. The van der Waals surface area contributed by atoms with Gasteiger partial charge < -0.3 is 4.90 Å². The molecule has 1 N–H and O–H groups in total. The van der Waals surface area contributed by atoms with E-state index in [2.05, 4.69) is 20.3 Å². The van der Waals surface area contributed by atoms with E-state index < -0.39 is 23.7 Å². The molecular formula is C21H15F3N6O2S. The Balaban J connectivity index is 1.33. The first-order chi connectivity index (χ1) is 15.8. The van der Waals surface area contributed by atoms with Gasteiger partial charge >= 0.3 is 6.18 Å². The Morgan fingerprint density at radius 2 is 2.00 bits per heavy atom. The molecule has 0 saturated carbocycles. The van der Waals surface area contributed by atoms with Crippen LogP contribution in [0.15, 0.2) is 48.2 Å². The zero-order chi connectivity index (χ0) is 23.2. The third kappa shape index (κ3) is 3.93. The molecule has 4 aromatic heterocycles. The lowest BCUT2D eigenvalue weighted by Gasteiger charge is -2.27. The maximum Gasteiger partial charge on any atom is 0.433 e. The summed E-state index contributed by atoms with van der Waals surface area (Å²) in [6.07, 6.45) is 0.0520. The lowest BCUT2D eigenvalue weighted by atomic mass is 10.0. The van der Waals surface area contributed by atoms with E-state index in [0.717, 1.165) is 22.7 Å². The molecule has 2 amide bonds. The van der Waals surface area contributed by atoms with Gasteiger partial charge in [0.25, 0.3) is 11.8 Å². The lowest BCUT2D eigenvalue weighted by Crippen LogP contribution is -2.36. The summed E-state index contributed by atoms with van der Waals surface area (Å²) in [5, 5.41) is 3.97. The van der Waals surface area contributed by atoms with Gasteiger partial charge in [0.1, 0.15) is 17.0 Å². The van der Waals surface area contributed by atoms with E-state index in [4.69, 9.17) is 0 Å². The molecule has 12 heteroatoms. The first-order valence-electron chi connectivity index (χ1n) is 9.83. The molecule has 168 valence electrons. The first kappa shape index (κ1) is 21.1. The van der Waals surface area contributed by atoms with Crippen LogP contribution in [-0.4, -0.2) is 42.6 Å². The first-order valence-corrected chi connectivity index (χ1v) is 10.7. The minimum absolute atomic E-state index is 0.170. The number of nitrogens with zero attached hydrogens (tertiary/aromatic N) is 5. The van der Waals surface area contributed by atoms with Crippen LogP contribution in [0.5, 0.6) is 0 Å². The fourth-order valence-electron chi connectivity index (χ4n) is 3.69. The van der Waals surface area contributed by atoms with Crippen molar-refractivity contribution in [3.05, 3.63) is 75.6 Å². The van der Waals surface area contributed by atoms with Crippen LogP contribution in [0.2, 0.25) is 0 Å². The fourth-order valence-corrected chi connectivity index (χ4v) is 4.78. The number of carbonyl (C=O) groups excluding carboxylic acids is 2. The summed E-state index contributed by atoms with van der Waals surface area (Å²) in [7, 11) is 0. The summed E-state index contributed by atoms with van der Waals surface area (Å²) in [4.78, 5) is 39.6. The maximum atomic E-state index is 13.1. The molecule has 1 aliphatic heterocycles. The number of anilines is 1. The SMILES string of the molecule is O=C(Nc1nccc(C(F)(F)F)n1)c1csc2c1CCN(C(=O)c1cnc3ccccn13)C2. The Hall–Kier alpha value is -3.80. The van der Waals surface area contributed by atoms with Crippen LogP contribution in [0.4, 0.5) is 19.1 Å². The van der Waals surface area contributed by atoms with E-state index in [9.17, 15) is 22.8 Å². The van der Waals surface area contributed by atoms with Gasteiger partial charge in [-0.1, -0.05) is 6.07 Å². The Labute approximate surface area is 188 Å². The highest BCUT2D eigenvalue weighted by atomic mass is 32.1. The van der Waals surface area contributed by atoms with Gasteiger partial charge in [-0.3, -0.25) is 19.3 Å². The normalized spacial score (nSPS) is 13.7. The summed E-state index contributed by atoms with van der Waals surface area (Å²) in [5.74, 6) is -1.18. The number of carbonyl (C=O) groups is 2. The molecule has 0 unspecified atom stereocenters. The molecule has 0 spiro atoms. The molecule has 5 rings (SSSR count). The molecule has 33 heavy (non-hydrogen) atoms. The Bertz CT molecular complexity index is 1380. The van der Waals surface area contributed by atoms with Crippen molar-refractivity contribution < 1.29 is 22.8 Å². The van der Waals surface area contributed by atoms with E-state index in [1.807, 2.05) is 18.2 Å². The van der Waals surface area contributed by atoms with Crippen molar-refractivity contribution in [1.82, 2.24) is 24.3 Å². The predicted octanol–water partition coefficient (Wildman–Crippen LogP) is 3.66. The number of thiophene rings is 1. The van der Waals surface area contributed by atoms with Crippen molar-refractivity contribution in [1.29, 1.82) is 0 Å². The highest BCUT2D eigenvalue weighted by molar-refractivity contribution is 7.10. The monoisotopic (exact) mass is 472 g/mol. The van der Waals surface area contributed by atoms with Gasteiger partial charge in [-0.05, 0) is 30.2 Å². The van der Waals surface area contributed by atoms with E-state index in [0.29, 0.717) is 36.4 Å². The van der Waals surface area contributed by atoms with Gasteiger partial charge in [-0.25, -0.2) is 15.0 Å². The number of fused-ring (bicyclic) bond motifs is 2. The molecule has 5 heterocycles. The third-order valence-corrected chi connectivity index (χ3v) is 6.30. The average molecular weight is 472 g/mol. The summed E-state index contributed by atoms with van der Waals surface area (Å²) in [6, 6.07) is 6.20. The Kier molecular flexibility index (Phi) is 5.08. The number of imidazole rings is 1. The van der Waals surface area contributed by atoms with Gasteiger partial charge in [0.05, 0.1) is 18.3 Å². The highest BCUT2D eigenvalue weighted by Crippen LogP contribution is 2.31. The molecule has 0 fully saturated rings. The number of halogens is 3. The molecule has 1 aliphatic rings. The van der Waals surface area contributed by atoms with Crippen LogP contribution >= 0.6 is 11.3 Å². The fraction of sp³-hybridized carbons (Fsp3) is 0.190. The summed E-state index contributed by atoms with van der Waals surface area (Å²) in [5.41, 5.74) is 1.10. The van der Waals surface area contributed by atoms with Gasteiger partial charge in [0, 0.05) is 29.2 Å². The topological polar surface area (TPSA) is 92.5 Å². The Morgan fingerprint density at radius 1 is 1.15 bits per heavy atom. The number of nitrogens with one attached hydrogen (secondary N) is 1. The number of pyridine rings is 1. The molecule has 8 nitrogen and oxygen atoms in total. The van der Waals surface area contributed by atoms with Crippen molar-refractivity contribution in [2.24, 2.45) is 0 Å². The quantitative estimate of drug-likeness (QED) is 0.491. The second kappa shape index (κ2) is 7.96. The molecule has 0 saturated heterocycles. The van der Waals surface area contributed by atoms with Crippen molar-refractivity contribution in [2.75, 3.05) is 11.9 Å². The minimum Gasteiger partial charge on any atom is -0.332 e. The number of rotatable bonds is 3. The zero-order valence-electron chi connectivity index (χ0n) is 16.8. The summed E-state index contributed by atoms with van der Waals surface area (Å²) >= 11 is 1.32. The van der Waals surface area contributed by atoms with E-state index in [-0.39, 0.29) is 5.91 Å². The van der Waals surface area contributed by atoms with Crippen LogP contribution in [0.25, 0.3) is 5.65 Å². The number of hydrogen-bond donors (Lipinski definition) is 1. The number of aromatic nitrogens is 4. The van der Waals surface area contributed by atoms with Crippen LogP contribution in [-0.2, 0) is 19.1 Å². The second-order valence-corrected chi connectivity index (χ2v) is 8.28. The van der Waals surface area contributed by atoms with Crippen LogP contribution in [0.3, 0.4) is 0 Å². The summed E-state index contributed by atoms with van der Waals surface area (Å²) < 4.78 is 40.3. The van der Waals surface area contributed by atoms with E-state index >= 15 is 0 Å². The van der Waals surface area contributed by atoms with Gasteiger partial charge in [0.2, 0.25) is 5.95 Å². The predicted molar refractivity (Wildman–Crippen MR) is 113 cm³/mol. The molecule has 0 atom stereocenters. The van der Waals surface area contributed by atoms with E-state index in [1.54, 1.807) is 20.9 Å². The summed E-state index contributed by atoms with van der Waals surface area (Å²) in [6.45, 7) is 0.717. The average Bonchev–Trinajstić information content (AvgIpc) is 3.42. The standard InChI is InChI=1S/C21H15F3N6O2S/c22-21(23,24)16-4-6-25-20(27-16)28-18(31)13-11-33-15-10-29(8-5-12(13)15)19(32)14-9-26-17-3-1-2-7-30(14)17/h1-4,6-7,9,11H,5,8,10H2,(H,25,27,28,31). The minimum atomic E-state index is -4.64. The smallest absolute Gasteiger partial charge is 0.332 e. The van der Waals surface area contributed by atoms with Crippen molar-refractivity contribution >= 4 is 34.7 Å². The Morgan fingerprint density at radius 3 is 2.82 bits per heavy atom. The third-order valence-electron chi connectivity index (χ3n) is 5.29. The van der Waals surface area contributed by atoms with Crippen LogP contribution in [0, 0.1) is 0 Å². The van der Waals surface area contributed by atoms with Crippen molar-refractivity contribution in [2.45, 2.75) is 19.1 Å². The molecule has 0 aromatic carbocycles. The highest BCUT2D eigenvalue weighted by Gasteiger charge is 2.33. The zero-order valence-corrected chi connectivity index (χ0v) is 17.7. The molecule has 0 radical (unpaired) electrons. The molecule has 0 bridgehead atoms. The van der Waals surface area contributed by atoms with Crippen molar-refractivity contribution in [3.63, 3.8) is 0 Å². The van der Waals surface area contributed by atoms with Gasteiger partial charge in [0.15, 0.2) is 0 Å². The number of amides is 2. The molecule has 4 aromatic rings. The second-order valence-electron chi connectivity index (χ2n) is 7.32. The largest absolute Gasteiger partial charge is 0.433 e. The lowest BCUT2D eigenvalue weighted by molar-refractivity contribution is -0.141. The van der Waals surface area contributed by atoms with Gasteiger partial charge in [-0.2, -0.15) is 13.2 Å².